The van der Waals surface area contributed by atoms with Crippen LogP contribution in [0.15, 0.2) is 48.5 Å². The summed E-state index contributed by atoms with van der Waals surface area (Å²) in [5, 5.41) is 10.4. The van der Waals surface area contributed by atoms with Crippen molar-refractivity contribution in [1.82, 2.24) is 0 Å². The summed E-state index contributed by atoms with van der Waals surface area (Å²) in [5.74, 6) is -0.710. The maximum Gasteiger partial charge on any atom is 0.129 e. The predicted molar refractivity (Wildman–Crippen MR) is 74.3 cm³/mol. The van der Waals surface area contributed by atoms with Crippen molar-refractivity contribution in [2.45, 2.75) is 18.9 Å². The molecule has 2 aromatic rings. The fourth-order valence-electron chi connectivity index (χ4n) is 2.28. The first kappa shape index (κ1) is 13.7. The number of halogens is 1. The number of benzene rings is 2. The van der Waals surface area contributed by atoms with Crippen LogP contribution in [0.25, 0.3) is 0 Å². The highest BCUT2D eigenvalue weighted by molar-refractivity contribution is 5.30. The monoisotopic (exact) mass is 259 g/mol. The van der Waals surface area contributed by atoms with Gasteiger partial charge in [0.2, 0.25) is 0 Å². The van der Waals surface area contributed by atoms with Gasteiger partial charge in [0.1, 0.15) is 5.82 Å². The Labute approximate surface area is 112 Å². The molecule has 0 fully saturated rings. The molecule has 0 radical (unpaired) electrons. The molecule has 2 nitrogen and oxygen atoms in total. The Morgan fingerprint density at radius 1 is 1.16 bits per heavy atom. The molecule has 2 aromatic carbocycles. The molecule has 0 aliphatic carbocycles. The Morgan fingerprint density at radius 3 is 2.53 bits per heavy atom. The average Bonchev–Trinajstić information content (AvgIpc) is 2.40. The lowest BCUT2D eigenvalue weighted by Crippen LogP contribution is -2.21. The van der Waals surface area contributed by atoms with E-state index in [9.17, 15) is 9.50 Å². The number of rotatable bonds is 4. The van der Waals surface area contributed by atoms with Crippen LogP contribution >= 0.6 is 0 Å². The van der Waals surface area contributed by atoms with E-state index in [-0.39, 0.29) is 12.5 Å². The molecule has 2 atom stereocenters. The van der Waals surface area contributed by atoms with Crippen LogP contribution in [-0.4, -0.2) is 11.7 Å². The van der Waals surface area contributed by atoms with Gasteiger partial charge < -0.3 is 10.8 Å². The van der Waals surface area contributed by atoms with E-state index in [2.05, 4.69) is 0 Å². The van der Waals surface area contributed by atoms with Crippen LogP contribution in [0.2, 0.25) is 0 Å². The third-order valence-electron chi connectivity index (χ3n) is 3.33. The zero-order valence-electron chi connectivity index (χ0n) is 10.9. The lowest BCUT2D eigenvalue weighted by molar-refractivity contribution is 0.143. The number of nitrogens with two attached hydrogens (primary N) is 1. The quantitative estimate of drug-likeness (QED) is 0.886. The standard InChI is InChI=1S/C16H18FNO/c1-11-5-4-6-12(9-11)14(10-18)16(19)13-7-2-3-8-15(13)17/h2-9,14,16,19H,10,18H2,1H3. The first-order valence-electron chi connectivity index (χ1n) is 6.32. The predicted octanol–water partition coefficient (Wildman–Crippen LogP) is 2.91. The molecule has 3 N–H and O–H groups in total. The van der Waals surface area contributed by atoms with Crippen LogP contribution in [0.4, 0.5) is 4.39 Å². The van der Waals surface area contributed by atoms with Gasteiger partial charge in [-0.15, -0.1) is 0 Å². The molecule has 0 aliphatic heterocycles. The van der Waals surface area contributed by atoms with E-state index in [4.69, 9.17) is 5.73 Å². The van der Waals surface area contributed by atoms with E-state index in [1.807, 2.05) is 31.2 Å². The van der Waals surface area contributed by atoms with Crippen molar-refractivity contribution >= 4 is 0 Å². The van der Waals surface area contributed by atoms with Crippen molar-refractivity contribution in [3.05, 3.63) is 71.0 Å². The van der Waals surface area contributed by atoms with Crippen LogP contribution in [0, 0.1) is 12.7 Å². The molecule has 0 bridgehead atoms. The minimum atomic E-state index is -0.937. The average molecular weight is 259 g/mol. The smallest absolute Gasteiger partial charge is 0.129 e. The maximum atomic E-state index is 13.7. The van der Waals surface area contributed by atoms with Crippen LogP contribution in [0.1, 0.15) is 28.7 Å². The molecule has 0 heterocycles. The topological polar surface area (TPSA) is 46.2 Å². The number of aliphatic hydroxyl groups is 1. The van der Waals surface area contributed by atoms with Gasteiger partial charge in [-0.05, 0) is 18.6 Å². The lowest BCUT2D eigenvalue weighted by atomic mass is 9.88. The second-order valence-electron chi connectivity index (χ2n) is 4.72. The third-order valence-corrected chi connectivity index (χ3v) is 3.33. The van der Waals surface area contributed by atoms with Crippen LogP contribution in [-0.2, 0) is 0 Å². The van der Waals surface area contributed by atoms with E-state index in [1.54, 1.807) is 18.2 Å². The summed E-state index contributed by atoms with van der Waals surface area (Å²) in [4.78, 5) is 0. The van der Waals surface area contributed by atoms with Crippen molar-refractivity contribution in [3.8, 4) is 0 Å². The van der Waals surface area contributed by atoms with Gasteiger partial charge in [0.25, 0.3) is 0 Å². The molecule has 0 spiro atoms. The van der Waals surface area contributed by atoms with Gasteiger partial charge in [0.05, 0.1) is 6.10 Å². The first-order valence-corrected chi connectivity index (χ1v) is 6.32. The van der Waals surface area contributed by atoms with Gasteiger partial charge in [-0.1, -0.05) is 48.0 Å². The molecule has 0 saturated heterocycles. The summed E-state index contributed by atoms with van der Waals surface area (Å²) < 4.78 is 13.7. The third kappa shape index (κ3) is 3.00. The van der Waals surface area contributed by atoms with Crippen molar-refractivity contribution in [3.63, 3.8) is 0 Å². The summed E-state index contributed by atoms with van der Waals surface area (Å²) in [7, 11) is 0. The minimum absolute atomic E-state index is 0.263. The van der Waals surface area contributed by atoms with E-state index in [0.29, 0.717) is 5.56 Å². The minimum Gasteiger partial charge on any atom is -0.388 e. The number of aryl methyl sites for hydroxylation is 1. The van der Waals surface area contributed by atoms with Crippen LogP contribution < -0.4 is 5.73 Å². The molecule has 0 aliphatic rings. The summed E-state index contributed by atoms with van der Waals surface area (Å²) in [6.45, 7) is 2.24. The largest absolute Gasteiger partial charge is 0.388 e. The van der Waals surface area contributed by atoms with Crippen LogP contribution in [0.5, 0.6) is 0 Å². The van der Waals surface area contributed by atoms with Gasteiger partial charge in [-0.3, -0.25) is 0 Å². The van der Waals surface area contributed by atoms with Crippen molar-refractivity contribution in [1.29, 1.82) is 0 Å². The Balaban J connectivity index is 2.35. The lowest BCUT2D eigenvalue weighted by Gasteiger charge is -2.23. The molecule has 0 aromatic heterocycles. The van der Waals surface area contributed by atoms with E-state index >= 15 is 0 Å². The number of hydrogen-bond donors (Lipinski definition) is 2. The van der Waals surface area contributed by atoms with Gasteiger partial charge in [-0.2, -0.15) is 0 Å². The van der Waals surface area contributed by atoms with Crippen molar-refractivity contribution < 1.29 is 9.50 Å². The fourth-order valence-corrected chi connectivity index (χ4v) is 2.28. The molecule has 0 amide bonds. The fraction of sp³-hybridized carbons (Fsp3) is 0.250. The van der Waals surface area contributed by atoms with E-state index in [1.165, 1.54) is 6.07 Å². The van der Waals surface area contributed by atoms with Gasteiger partial charge in [0.15, 0.2) is 0 Å². The summed E-state index contributed by atoms with van der Waals surface area (Å²) in [6, 6.07) is 14.0. The molecular formula is C16H18FNO. The molecule has 2 rings (SSSR count). The molecule has 0 saturated carbocycles. The maximum absolute atomic E-state index is 13.7. The Bertz CT molecular complexity index is 556. The molecule has 3 heteroatoms. The van der Waals surface area contributed by atoms with Gasteiger partial charge in [-0.25, -0.2) is 4.39 Å². The normalized spacial score (nSPS) is 14.1. The molecule has 2 unspecified atom stereocenters. The zero-order chi connectivity index (χ0) is 13.8. The van der Waals surface area contributed by atoms with Crippen LogP contribution in [0.3, 0.4) is 0 Å². The van der Waals surface area contributed by atoms with Crippen molar-refractivity contribution in [2.75, 3.05) is 6.54 Å². The molecule has 100 valence electrons. The second kappa shape index (κ2) is 5.95. The van der Waals surface area contributed by atoms with E-state index in [0.717, 1.165) is 11.1 Å². The number of aliphatic hydroxyl groups excluding tert-OH is 1. The zero-order valence-corrected chi connectivity index (χ0v) is 10.9. The Morgan fingerprint density at radius 2 is 1.89 bits per heavy atom. The molecule has 19 heavy (non-hydrogen) atoms. The van der Waals surface area contributed by atoms with E-state index < -0.39 is 11.9 Å². The highest BCUT2D eigenvalue weighted by Gasteiger charge is 2.23. The summed E-state index contributed by atoms with van der Waals surface area (Å²) in [6.07, 6.45) is -0.937. The Hall–Kier alpha value is -1.71. The van der Waals surface area contributed by atoms with Gasteiger partial charge >= 0.3 is 0 Å². The first-order chi connectivity index (χ1) is 9.13. The summed E-state index contributed by atoms with van der Waals surface area (Å²) >= 11 is 0. The molecular weight excluding hydrogens is 241 g/mol. The second-order valence-corrected chi connectivity index (χ2v) is 4.72. The number of hydrogen-bond acceptors (Lipinski definition) is 2. The highest BCUT2D eigenvalue weighted by Crippen LogP contribution is 2.31. The summed E-state index contributed by atoms with van der Waals surface area (Å²) in [5.41, 5.74) is 8.08. The SMILES string of the molecule is Cc1cccc(C(CN)C(O)c2ccccc2F)c1. The Kier molecular flexibility index (Phi) is 4.30. The highest BCUT2D eigenvalue weighted by atomic mass is 19.1. The van der Waals surface area contributed by atoms with Gasteiger partial charge in [0, 0.05) is 18.0 Å². The van der Waals surface area contributed by atoms with Crippen molar-refractivity contribution in [2.24, 2.45) is 5.73 Å².